The lowest BCUT2D eigenvalue weighted by Crippen LogP contribution is -2.50. The van der Waals surface area contributed by atoms with E-state index in [-0.39, 0.29) is 18.2 Å². The van der Waals surface area contributed by atoms with E-state index in [1.165, 1.54) is 18.1 Å². The molecule has 25 heavy (non-hydrogen) atoms. The van der Waals surface area contributed by atoms with Gasteiger partial charge in [-0.1, -0.05) is 37.1 Å². The fourth-order valence-electron chi connectivity index (χ4n) is 5.53. The Bertz CT molecular complexity index is 588. The molecule has 3 rings (SSSR count). The maximum absolute atomic E-state index is 11.9. The normalized spacial score (nSPS) is 43.2. The summed E-state index contributed by atoms with van der Waals surface area (Å²) < 4.78 is 12.6. The molecule has 3 heteroatoms. The zero-order valence-electron chi connectivity index (χ0n) is 16.7. The number of ether oxygens (including phenoxy) is 2. The second-order valence-corrected chi connectivity index (χ2v) is 8.99. The number of fused-ring (bicyclic) bond motifs is 5. The van der Waals surface area contributed by atoms with E-state index in [9.17, 15) is 4.79 Å². The van der Waals surface area contributed by atoms with E-state index in [4.69, 9.17) is 9.47 Å². The Hall–Kier alpha value is -1.09. The highest BCUT2D eigenvalue weighted by atomic mass is 16.6. The molecule has 2 aliphatic heterocycles. The van der Waals surface area contributed by atoms with Crippen molar-refractivity contribution in [3.05, 3.63) is 23.3 Å². The molecule has 0 spiro atoms. The SMILES string of the molecule is CC(=O)O[C@@]1(C)CC/C=C(/C)C[C@H]2O[C@@H]1[C@@H]1[C@H]2C(C)=CC[C@H]1C(C)C. The monoisotopic (exact) mass is 346 g/mol. The van der Waals surface area contributed by atoms with Crippen molar-refractivity contribution < 1.29 is 14.3 Å². The molecule has 1 aliphatic carbocycles. The van der Waals surface area contributed by atoms with Crippen LogP contribution in [0.3, 0.4) is 0 Å². The summed E-state index contributed by atoms with van der Waals surface area (Å²) in [6.45, 7) is 12.7. The number of carbonyl (C=O) groups excluding carboxylic acids is 1. The topological polar surface area (TPSA) is 35.5 Å². The molecule has 0 aromatic heterocycles. The van der Waals surface area contributed by atoms with Gasteiger partial charge in [-0.05, 0) is 58.3 Å². The van der Waals surface area contributed by atoms with Gasteiger partial charge in [0, 0.05) is 18.8 Å². The molecular weight excluding hydrogens is 312 g/mol. The summed E-state index contributed by atoms with van der Waals surface area (Å²) in [5.41, 5.74) is 2.32. The molecule has 0 N–H and O–H groups in total. The molecule has 0 unspecified atom stereocenters. The fourth-order valence-corrected chi connectivity index (χ4v) is 5.53. The highest BCUT2D eigenvalue weighted by Crippen LogP contribution is 2.53. The van der Waals surface area contributed by atoms with E-state index < -0.39 is 5.60 Å². The molecule has 3 aliphatic rings. The van der Waals surface area contributed by atoms with Gasteiger partial charge in [0.05, 0.1) is 6.10 Å². The predicted octanol–water partition coefficient (Wildman–Crippen LogP) is 5.06. The Balaban J connectivity index is 2.06. The van der Waals surface area contributed by atoms with Crippen LogP contribution < -0.4 is 0 Å². The van der Waals surface area contributed by atoms with Crippen molar-refractivity contribution in [1.82, 2.24) is 0 Å². The van der Waals surface area contributed by atoms with Crippen LogP contribution in [0.2, 0.25) is 0 Å². The van der Waals surface area contributed by atoms with Gasteiger partial charge in [-0.3, -0.25) is 4.79 Å². The number of esters is 1. The highest BCUT2D eigenvalue weighted by Gasteiger charge is 2.57. The van der Waals surface area contributed by atoms with E-state index in [0.29, 0.717) is 23.7 Å². The van der Waals surface area contributed by atoms with E-state index in [0.717, 1.165) is 25.7 Å². The van der Waals surface area contributed by atoms with Gasteiger partial charge in [0.2, 0.25) is 0 Å². The first-order valence-electron chi connectivity index (χ1n) is 9.90. The molecule has 2 bridgehead atoms. The van der Waals surface area contributed by atoms with Crippen LogP contribution >= 0.6 is 0 Å². The largest absolute Gasteiger partial charge is 0.457 e. The minimum absolute atomic E-state index is 0.0123. The molecule has 0 radical (unpaired) electrons. The standard InChI is InChI=1S/C22H34O3/c1-13(2)17-10-9-15(4)19-18-12-14(3)8-7-11-22(6,25-16(5)23)21(24-18)20(17)19/h8-9,13,17-21H,7,10-12H2,1-6H3/b14-8-/t17-,18+,19-,20-,21+,22-/m0/s1. The van der Waals surface area contributed by atoms with Gasteiger partial charge in [0.15, 0.2) is 0 Å². The first-order valence-corrected chi connectivity index (χ1v) is 9.90. The van der Waals surface area contributed by atoms with Crippen molar-refractivity contribution in [2.75, 3.05) is 0 Å². The van der Waals surface area contributed by atoms with Gasteiger partial charge in [0.1, 0.15) is 11.7 Å². The maximum Gasteiger partial charge on any atom is 0.303 e. The van der Waals surface area contributed by atoms with Crippen LogP contribution in [-0.2, 0) is 14.3 Å². The van der Waals surface area contributed by atoms with Crippen LogP contribution in [0.15, 0.2) is 23.3 Å². The Morgan fingerprint density at radius 1 is 1.32 bits per heavy atom. The maximum atomic E-state index is 11.9. The van der Waals surface area contributed by atoms with Gasteiger partial charge in [-0.15, -0.1) is 0 Å². The van der Waals surface area contributed by atoms with Crippen molar-refractivity contribution in [3.8, 4) is 0 Å². The lowest BCUT2D eigenvalue weighted by molar-refractivity contribution is -0.178. The van der Waals surface area contributed by atoms with Crippen molar-refractivity contribution in [2.45, 2.75) is 85.0 Å². The van der Waals surface area contributed by atoms with Crippen LogP contribution in [0.1, 0.15) is 67.2 Å². The summed E-state index contributed by atoms with van der Waals surface area (Å²) in [7, 11) is 0. The predicted molar refractivity (Wildman–Crippen MR) is 100 cm³/mol. The number of hydrogen-bond donors (Lipinski definition) is 0. The number of carbonyl (C=O) groups is 1. The van der Waals surface area contributed by atoms with E-state index in [1.807, 2.05) is 0 Å². The van der Waals surface area contributed by atoms with Gasteiger partial charge >= 0.3 is 5.97 Å². The van der Waals surface area contributed by atoms with Crippen molar-refractivity contribution in [1.29, 1.82) is 0 Å². The smallest absolute Gasteiger partial charge is 0.303 e. The molecule has 6 atom stereocenters. The average Bonchev–Trinajstić information content (AvgIpc) is 2.88. The van der Waals surface area contributed by atoms with Crippen molar-refractivity contribution >= 4 is 5.97 Å². The summed E-state index contributed by atoms with van der Waals surface area (Å²) in [5, 5.41) is 0. The number of allylic oxidation sites excluding steroid dienone is 2. The minimum Gasteiger partial charge on any atom is -0.457 e. The second kappa shape index (κ2) is 6.90. The first kappa shape index (κ1) is 18.7. The third kappa shape index (κ3) is 3.45. The van der Waals surface area contributed by atoms with Gasteiger partial charge < -0.3 is 9.47 Å². The van der Waals surface area contributed by atoms with E-state index in [2.05, 4.69) is 46.8 Å². The zero-order valence-corrected chi connectivity index (χ0v) is 16.7. The quantitative estimate of drug-likeness (QED) is 0.518. The fraction of sp³-hybridized carbons (Fsp3) is 0.773. The summed E-state index contributed by atoms with van der Waals surface area (Å²) in [6.07, 6.45) is 8.81. The minimum atomic E-state index is -0.546. The third-order valence-corrected chi connectivity index (χ3v) is 6.71. The highest BCUT2D eigenvalue weighted by molar-refractivity contribution is 5.66. The van der Waals surface area contributed by atoms with Crippen LogP contribution in [-0.4, -0.2) is 23.8 Å². The Morgan fingerprint density at radius 3 is 2.68 bits per heavy atom. The van der Waals surface area contributed by atoms with Crippen molar-refractivity contribution in [3.63, 3.8) is 0 Å². The summed E-state index contributed by atoms with van der Waals surface area (Å²) in [5.74, 6) is 1.87. The summed E-state index contributed by atoms with van der Waals surface area (Å²) in [6, 6.07) is 0. The molecule has 0 aromatic rings. The molecule has 1 fully saturated rings. The summed E-state index contributed by atoms with van der Waals surface area (Å²) >= 11 is 0. The zero-order chi connectivity index (χ0) is 18.4. The molecule has 3 nitrogen and oxygen atoms in total. The van der Waals surface area contributed by atoms with Crippen LogP contribution in [0.25, 0.3) is 0 Å². The van der Waals surface area contributed by atoms with Crippen LogP contribution in [0.5, 0.6) is 0 Å². The molecule has 0 saturated carbocycles. The van der Waals surface area contributed by atoms with Gasteiger partial charge in [0.25, 0.3) is 0 Å². The van der Waals surface area contributed by atoms with Gasteiger partial charge in [-0.2, -0.15) is 0 Å². The summed E-state index contributed by atoms with van der Waals surface area (Å²) in [4.78, 5) is 11.9. The number of rotatable bonds is 2. The van der Waals surface area contributed by atoms with E-state index in [1.54, 1.807) is 0 Å². The third-order valence-electron chi connectivity index (χ3n) is 6.71. The Kier molecular flexibility index (Phi) is 5.16. The molecule has 2 heterocycles. The number of hydrogen-bond acceptors (Lipinski definition) is 3. The van der Waals surface area contributed by atoms with Crippen LogP contribution in [0, 0.1) is 23.7 Å². The average molecular weight is 347 g/mol. The van der Waals surface area contributed by atoms with Crippen molar-refractivity contribution in [2.24, 2.45) is 23.7 Å². The Morgan fingerprint density at radius 2 is 2.04 bits per heavy atom. The lowest BCUT2D eigenvalue weighted by Gasteiger charge is -2.43. The molecule has 140 valence electrons. The molecule has 0 aromatic carbocycles. The first-order chi connectivity index (χ1) is 11.7. The second-order valence-electron chi connectivity index (χ2n) is 8.99. The van der Waals surface area contributed by atoms with Gasteiger partial charge in [-0.25, -0.2) is 0 Å². The molecule has 0 amide bonds. The van der Waals surface area contributed by atoms with Crippen LogP contribution in [0.4, 0.5) is 0 Å². The lowest BCUT2D eigenvalue weighted by atomic mass is 9.63. The molecule has 1 saturated heterocycles. The molecular formula is C22H34O3. The Labute approximate surface area is 152 Å². The van der Waals surface area contributed by atoms with E-state index >= 15 is 0 Å².